The van der Waals surface area contributed by atoms with Gasteiger partial charge in [0.25, 0.3) is 10.0 Å². The zero-order valence-corrected chi connectivity index (χ0v) is 21.1. The van der Waals surface area contributed by atoms with E-state index in [1.165, 1.54) is 55.1 Å². The van der Waals surface area contributed by atoms with Gasteiger partial charge in [0.1, 0.15) is 17.3 Å². The Labute approximate surface area is 212 Å². The van der Waals surface area contributed by atoms with Crippen molar-refractivity contribution in [2.75, 3.05) is 13.1 Å². The number of urea groups is 1. The summed E-state index contributed by atoms with van der Waals surface area (Å²) < 4.78 is 96.3. The van der Waals surface area contributed by atoms with Crippen molar-refractivity contribution in [2.24, 2.45) is 5.41 Å². The Morgan fingerprint density at radius 3 is 2.43 bits per heavy atom. The van der Waals surface area contributed by atoms with Crippen LogP contribution in [0.2, 0.25) is 0 Å². The predicted octanol–water partition coefficient (Wildman–Crippen LogP) is 4.61. The quantitative estimate of drug-likeness (QED) is 0.476. The van der Waals surface area contributed by atoms with Crippen LogP contribution in [0.1, 0.15) is 32.3 Å². The smallest absolute Gasteiger partial charge is 0.335 e. The van der Waals surface area contributed by atoms with E-state index >= 15 is 4.39 Å². The lowest BCUT2D eigenvalue weighted by Crippen LogP contribution is -2.53. The van der Waals surface area contributed by atoms with E-state index in [-0.39, 0.29) is 36.2 Å². The normalized spacial score (nSPS) is 21.0. The number of halogens is 5. The van der Waals surface area contributed by atoms with Crippen LogP contribution in [0.5, 0.6) is 0 Å². The standard InChI is InChI=1S/C25H28F5N3O3S/c1-24(2,30)13-31-23(34)33-14-25(9-10-25)21(32-37(35,36)22(28)29)19(33)12-16-6-4-8-18(20(16)27)15-5-3-7-17(26)11-15/h3-8,11,19,21-22,32H,9-10,12-14H2,1-2H3,(H,31,34)/t19-,21+/m0/s1. The summed E-state index contributed by atoms with van der Waals surface area (Å²) in [4.78, 5) is 14.3. The third-order valence-electron chi connectivity index (χ3n) is 6.91. The van der Waals surface area contributed by atoms with Gasteiger partial charge in [0, 0.05) is 17.5 Å². The third-order valence-corrected chi connectivity index (χ3v) is 7.96. The maximum atomic E-state index is 15.6. The zero-order valence-electron chi connectivity index (χ0n) is 20.3. The molecule has 37 heavy (non-hydrogen) atoms. The summed E-state index contributed by atoms with van der Waals surface area (Å²) in [6, 6.07) is 6.92. The van der Waals surface area contributed by atoms with Gasteiger partial charge in [0.05, 0.1) is 18.6 Å². The van der Waals surface area contributed by atoms with E-state index in [1.54, 1.807) is 0 Å². The van der Waals surface area contributed by atoms with E-state index < -0.39 is 56.6 Å². The number of likely N-dealkylation sites (tertiary alicyclic amines) is 1. The molecule has 202 valence electrons. The second-order valence-electron chi connectivity index (χ2n) is 10.3. The van der Waals surface area contributed by atoms with E-state index in [4.69, 9.17) is 0 Å². The molecular weight excluding hydrogens is 517 g/mol. The molecule has 0 aromatic heterocycles. The number of nitrogens with one attached hydrogen (secondary N) is 2. The first-order valence-electron chi connectivity index (χ1n) is 11.8. The second kappa shape index (κ2) is 9.86. The Kier molecular flexibility index (Phi) is 7.28. The summed E-state index contributed by atoms with van der Waals surface area (Å²) in [7, 11) is -5.03. The van der Waals surface area contributed by atoms with Crippen LogP contribution >= 0.6 is 0 Å². The van der Waals surface area contributed by atoms with Crippen LogP contribution in [0.3, 0.4) is 0 Å². The molecule has 1 saturated carbocycles. The van der Waals surface area contributed by atoms with Crippen molar-refractivity contribution in [3.8, 4) is 11.1 Å². The monoisotopic (exact) mass is 545 g/mol. The van der Waals surface area contributed by atoms with Gasteiger partial charge in [-0.3, -0.25) is 0 Å². The highest BCUT2D eigenvalue weighted by atomic mass is 32.2. The highest BCUT2D eigenvalue weighted by molar-refractivity contribution is 7.89. The van der Waals surface area contributed by atoms with Gasteiger partial charge in [-0.15, -0.1) is 0 Å². The number of amides is 2. The van der Waals surface area contributed by atoms with E-state index in [2.05, 4.69) is 10.0 Å². The molecule has 4 rings (SSSR count). The first-order chi connectivity index (χ1) is 17.2. The van der Waals surface area contributed by atoms with Gasteiger partial charge < -0.3 is 10.2 Å². The number of benzene rings is 2. The van der Waals surface area contributed by atoms with Crippen LogP contribution in [-0.2, 0) is 16.4 Å². The van der Waals surface area contributed by atoms with Gasteiger partial charge in [-0.05, 0) is 56.4 Å². The summed E-state index contributed by atoms with van der Waals surface area (Å²) in [5.41, 5.74) is -2.06. The molecule has 1 spiro atoms. The van der Waals surface area contributed by atoms with E-state index in [0.717, 1.165) is 6.07 Å². The molecule has 2 amide bonds. The van der Waals surface area contributed by atoms with Crippen molar-refractivity contribution in [2.45, 2.75) is 56.6 Å². The lowest BCUT2D eigenvalue weighted by atomic mass is 9.91. The number of nitrogens with zero attached hydrogens (tertiary/aromatic N) is 1. The van der Waals surface area contributed by atoms with Gasteiger partial charge in [-0.1, -0.05) is 30.3 Å². The molecule has 1 aliphatic heterocycles. The lowest BCUT2D eigenvalue weighted by molar-refractivity contribution is 0.170. The molecule has 0 radical (unpaired) electrons. The third kappa shape index (κ3) is 5.90. The molecule has 12 heteroatoms. The fourth-order valence-electron chi connectivity index (χ4n) is 4.88. The van der Waals surface area contributed by atoms with Gasteiger partial charge in [-0.25, -0.2) is 31.1 Å². The first kappa shape index (κ1) is 27.3. The van der Waals surface area contributed by atoms with Crippen LogP contribution in [0.4, 0.5) is 26.7 Å². The number of carbonyl (C=O) groups excluding carboxylic acids is 1. The molecule has 2 fully saturated rings. The molecule has 1 heterocycles. The maximum absolute atomic E-state index is 15.6. The van der Waals surface area contributed by atoms with Crippen LogP contribution < -0.4 is 10.0 Å². The average Bonchev–Trinajstić information content (AvgIpc) is 3.53. The van der Waals surface area contributed by atoms with Gasteiger partial charge in [0.2, 0.25) is 0 Å². The summed E-state index contributed by atoms with van der Waals surface area (Å²) in [6.07, 6.45) is 0.744. The fraction of sp³-hybridized carbons (Fsp3) is 0.480. The molecular formula is C25H28F5N3O3S. The number of hydrogen-bond donors (Lipinski definition) is 2. The Hall–Kier alpha value is -2.73. The van der Waals surface area contributed by atoms with Crippen molar-refractivity contribution in [1.82, 2.24) is 14.9 Å². The zero-order chi connectivity index (χ0) is 27.2. The van der Waals surface area contributed by atoms with Gasteiger partial charge in [0.15, 0.2) is 0 Å². The lowest BCUT2D eigenvalue weighted by Gasteiger charge is -2.30. The summed E-state index contributed by atoms with van der Waals surface area (Å²) in [5.74, 6) is -4.95. The van der Waals surface area contributed by atoms with Crippen molar-refractivity contribution >= 4 is 16.1 Å². The minimum Gasteiger partial charge on any atom is -0.335 e. The minimum absolute atomic E-state index is 0.0395. The first-order valence-corrected chi connectivity index (χ1v) is 13.3. The van der Waals surface area contributed by atoms with Crippen LogP contribution in [0.15, 0.2) is 42.5 Å². The highest BCUT2D eigenvalue weighted by Gasteiger charge is 2.62. The Morgan fingerprint density at radius 2 is 1.84 bits per heavy atom. The highest BCUT2D eigenvalue weighted by Crippen LogP contribution is 2.55. The van der Waals surface area contributed by atoms with Crippen LogP contribution in [0, 0.1) is 17.0 Å². The maximum Gasteiger partial charge on any atom is 0.350 e. The Balaban J connectivity index is 1.70. The number of hydrogen-bond acceptors (Lipinski definition) is 3. The van der Waals surface area contributed by atoms with Gasteiger partial charge >= 0.3 is 11.8 Å². The van der Waals surface area contributed by atoms with Crippen LogP contribution in [-0.4, -0.2) is 55.9 Å². The van der Waals surface area contributed by atoms with Crippen molar-refractivity contribution in [1.29, 1.82) is 0 Å². The molecule has 2 N–H and O–H groups in total. The molecule has 2 aromatic rings. The number of rotatable bonds is 8. The minimum atomic E-state index is -5.03. The molecule has 0 unspecified atom stereocenters. The van der Waals surface area contributed by atoms with Crippen LogP contribution in [0.25, 0.3) is 11.1 Å². The molecule has 1 aliphatic carbocycles. The molecule has 2 aromatic carbocycles. The largest absolute Gasteiger partial charge is 0.350 e. The number of sulfonamides is 1. The van der Waals surface area contributed by atoms with E-state index in [1.807, 2.05) is 0 Å². The number of carbonyl (C=O) groups is 1. The summed E-state index contributed by atoms with van der Waals surface area (Å²) >= 11 is 0. The summed E-state index contributed by atoms with van der Waals surface area (Å²) in [6.45, 7) is 2.24. The number of alkyl halides is 3. The molecule has 2 aliphatic rings. The Bertz CT molecular complexity index is 1280. The molecule has 2 atom stereocenters. The fourth-order valence-corrected chi connectivity index (χ4v) is 5.75. The topological polar surface area (TPSA) is 78.5 Å². The van der Waals surface area contributed by atoms with Gasteiger partial charge in [-0.2, -0.15) is 8.78 Å². The molecule has 1 saturated heterocycles. The predicted molar refractivity (Wildman–Crippen MR) is 128 cm³/mol. The van der Waals surface area contributed by atoms with E-state index in [0.29, 0.717) is 12.8 Å². The Morgan fingerprint density at radius 1 is 1.16 bits per heavy atom. The van der Waals surface area contributed by atoms with Crippen molar-refractivity contribution in [3.05, 3.63) is 59.7 Å². The van der Waals surface area contributed by atoms with E-state index in [9.17, 15) is 30.8 Å². The molecule has 6 nitrogen and oxygen atoms in total. The second-order valence-corrected chi connectivity index (χ2v) is 12.0. The average molecular weight is 546 g/mol. The SMILES string of the molecule is CC(C)(F)CNC(=O)N1CC2(CC2)[C@H](NS(=O)(=O)C(F)F)[C@@H]1Cc1cccc(-c2cccc(F)c2)c1F. The summed E-state index contributed by atoms with van der Waals surface area (Å²) in [5, 5.41) is 2.46. The van der Waals surface area contributed by atoms with Crippen molar-refractivity contribution < 1.29 is 35.2 Å². The van der Waals surface area contributed by atoms with Crippen molar-refractivity contribution in [3.63, 3.8) is 0 Å². The molecule has 0 bridgehead atoms.